The first-order valence-electron chi connectivity index (χ1n) is 8.41. The van der Waals surface area contributed by atoms with Gasteiger partial charge < -0.3 is 5.32 Å². The molecular weight excluding hydrogens is 246 g/mol. The van der Waals surface area contributed by atoms with Crippen molar-refractivity contribution in [1.82, 2.24) is 15.1 Å². The standard InChI is InChI=1S/C17H31N3/c1-5-17(6-2)20-10-9-16(19-20)11-13(3)14(4)12-18-15-7-8-15/h9-10,13-15,17-18H,5-8,11-12H2,1-4H3. The summed E-state index contributed by atoms with van der Waals surface area (Å²) in [4.78, 5) is 0. The van der Waals surface area contributed by atoms with Gasteiger partial charge in [0.2, 0.25) is 0 Å². The lowest BCUT2D eigenvalue weighted by Crippen LogP contribution is -2.27. The number of nitrogens with zero attached hydrogens (tertiary/aromatic N) is 2. The Morgan fingerprint density at radius 3 is 2.55 bits per heavy atom. The summed E-state index contributed by atoms with van der Waals surface area (Å²) in [6.45, 7) is 10.3. The van der Waals surface area contributed by atoms with Gasteiger partial charge >= 0.3 is 0 Å². The summed E-state index contributed by atoms with van der Waals surface area (Å²) >= 11 is 0. The maximum atomic E-state index is 4.78. The number of nitrogens with one attached hydrogen (secondary N) is 1. The molecule has 1 heterocycles. The second-order valence-corrected chi connectivity index (χ2v) is 6.60. The molecule has 0 amide bonds. The molecule has 3 nitrogen and oxygen atoms in total. The molecule has 0 aliphatic heterocycles. The Kier molecular flexibility index (Phi) is 5.64. The third-order valence-electron chi connectivity index (χ3n) is 4.79. The van der Waals surface area contributed by atoms with Gasteiger partial charge in [-0.2, -0.15) is 5.10 Å². The van der Waals surface area contributed by atoms with Crippen molar-refractivity contribution in [3.63, 3.8) is 0 Å². The molecule has 2 atom stereocenters. The third kappa shape index (κ3) is 4.34. The van der Waals surface area contributed by atoms with Crippen LogP contribution in [0, 0.1) is 11.8 Å². The highest BCUT2D eigenvalue weighted by atomic mass is 15.3. The normalized spacial score (nSPS) is 18.4. The maximum Gasteiger partial charge on any atom is 0.0627 e. The van der Waals surface area contributed by atoms with Gasteiger partial charge in [0.1, 0.15) is 0 Å². The van der Waals surface area contributed by atoms with Crippen LogP contribution in [0.2, 0.25) is 0 Å². The Bertz CT molecular complexity index is 391. The van der Waals surface area contributed by atoms with Crippen molar-refractivity contribution in [3.05, 3.63) is 18.0 Å². The molecule has 1 aromatic heterocycles. The van der Waals surface area contributed by atoms with Gasteiger partial charge in [-0.25, -0.2) is 0 Å². The van der Waals surface area contributed by atoms with E-state index in [0.29, 0.717) is 17.9 Å². The van der Waals surface area contributed by atoms with Crippen LogP contribution < -0.4 is 5.32 Å². The van der Waals surface area contributed by atoms with E-state index in [9.17, 15) is 0 Å². The topological polar surface area (TPSA) is 29.9 Å². The van der Waals surface area contributed by atoms with Crippen molar-refractivity contribution in [2.45, 2.75) is 71.9 Å². The minimum atomic E-state index is 0.563. The number of rotatable bonds is 9. The van der Waals surface area contributed by atoms with Crippen molar-refractivity contribution in [2.24, 2.45) is 11.8 Å². The fourth-order valence-corrected chi connectivity index (χ4v) is 2.72. The van der Waals surface area contributed by atoms with Crippen LogP contribution >= 0.6 is 0 Å². The molecule has 0 saturated heterocycles. The van der Waals surface area contributed by atoms with E-state index >= 15 is 0 Å². The maximum absolute atomic E-state index is 4.78. The number of aromatic nitrogens is 2. The van der Waals surface area contributed by atoms with E-state index in [1.165, 1.54) is 18.5 Å². The lowest BCUT2D eigenvalue weighted by Gasteiger charge is -2.19. The molecule has 1 aliphatic carbocycles. The molecule has 20 heavy (non-hydrogen) atoms. The van der Waals surface area contributed by atoms with E-state index in [1.807, 2.05) is 0 Å². The van der Waals surface area contributed by atoms with E-state index in [-0.39, 0.29) is 0 Å². The average Bonchev–Trinajstić information content (AvgIpc) is 3.17. The fourth-order valence-electron chi connectivity index (χ4n) is 2.72. The molecule has 114 valence electrons. The average molecular weight is 277 g/mol. The van der Waals surface area contributed by atoms with Gasteiger partial charge in [0.25, 0.3) is 0 Å². The zero-order chi connectivity index (χ0) is 14.5. The number of hydrogen-bond donors (Lipinski definition) is 1. The molecule has 0 aromatic carbocycles. The molecule has 2 rings (SSSR count). The highest BCUT2D eigenvalue weighted by Crippen LogP contribution is 2.22. The molecule has 1 N–H and O–H groups in total. The first-order valence-corrected chi connectivity index (χ1v) is 8.41. The van der Waals surface area contributed by atoms with Gasteiger partial charge in [-0.3, -0.25) is 4.68 Å². The van der Waals surface area contributed by atoms with Crippen LogP contribution in [0.5, 0.6) is 0 Å². The zero-order valence-electron chi connectivity index (χ0n) is 13.6. The lowest BCUT2D eigenvalue weighted by atomic mass is 9.91. The molecule has 0 spiro atoms. The van der Waals surface area contributed by atoms with Gasteiger partial charge in [0.15, 0.2) is 0 Å². The minimum Gasteiger partial charge on any atom is -0.314 e. The van der Waals surface area contributed by atoms with Gasteiger partial charge in [-0.15, -0.1) is 0 Å². The molecule has 2 unspecified atom stereocenters. The first-order chi connectivity index (χ1) is 9.63. The first kappa shape index (κ1) is 15.6. The minimum absolute atomic E-state index is 0.563. The summed E-state index contributed by atoms with van der Waals surface area (Å²) in [5.74, 6) is 1.40. The second-order valence-electron chi connectivity index (χ2n) is 6.60. The third-order valence-corrected chi connectivity index (χ3v) is 4.79. The van der Waals surface area contributed by atoms with Gasteiger partial charge in [0, 0.05) is 12.2 Å². The molecule has 0 bridgehead atoms. The summed E-state index contributed by atoms with van der Waals surface area (Å²) in [5, 5.41) is 8.42. The van der Waals surface area contributed by atoms with E-state index < -0.39 is 0 Å². The molecule has 1 aromatic rings. The molecule has 1 saturated carbocycles. The van der Waals surface area contributed by atoms with Crippen molar-refractivity contribution in [1.29, 1.82) is 0 Å². The van der Waals surface area contributed by atoms with E-state index in [4.69, 9.17) is 5.10 Å². The van der Waals surface area contributed by atoms with Gasteiger partial charge in [0.05, 0.1) is 11.7 Å². The highest BCUT2D eigenvalue weighted by molar-refractivity contribution is 5.01. The molecular formula is C17H31N3. The van der Waals surface area contributed by atoms with E-state index in [0.717, 1.165) is 31.8 Å². The monoisotopic (exact) mass is 277 g/mol. The summed E-state index contributed by atoms with van der Waals surface area (Å²) in [6.07, 6.45) is 8.33. The summed E-state index contributed by atoms with van der Waals surface area (Å²) in [6, 6.07) is 3.59. The smallest absolute Gasteiger partial charge is 0.0627 e. The van der Waals surface area contributed by atoms with Crippen LogP contribution in [0.25, 0.3) is 0 Å². The van der Waals surface area contributed by atoms with Crippen LogP contribution in [0.1, 0.15) is 65.1 Å². The Morgan fingerprint density at radius 2 is 1.95 bits per heavy atom. The molecule has 3 heteroatoms. The second kappa shape index (κ2) is 7.26. The highest BCUT2D eigenvalue weighted by Gasteiger charge is 2.22. The Balaban J connectivity index is 1.81. The number of hydrogen-bond acceptors (Lipinski definition) is 2. The lowest BCUT2D eigenvalue weighted by molar-refractivity contribution is 0.357. The Hall–Kier alpha value is -0.830. The summed E-state index contributed by atoms with van der Waals surface area (Å²) in [5.41, 5.74) is 1.25. The van der Waals surface area contributed by atoms with Crippen LogP contribution in [-0.2, 0) is 6.42 Å². The van der Waals surface area contributed by atoms with Crippen molar-refractivity contribution < 1.29 is 0 Å². The Labute approximate surface area is 124 Å². The fraction of sp³-hybridized carbons (Fsp3) is 0.824. The summed E-state index contributed by atoms with van der Waals surface area (Å²) < 4.78 is 2.16. The largest absolute Gasteiger partial charge is 0.314 e. The van der Waals surface area contributed by atoms with Crippen LogP contribution in [-0.4, -0.2) is 22.4 Å². The van der Waals surface area contributed by atoms with E-state index in [2.05, 4.69) is 50.0 Å². The van der Waals surface area contributed by atoms with Crippen LogP contribution in [0.15, 0.2) is 12.3 Å². The van der Waals surface area contributed by atoms with Crippen LogP contribution in [0.3, 0.4) is 0 Å². The van der Waals surface area contributed by atoms with E-state index in [1.54, 1.807) is 0 Å². The zero-order valence-corrected chi connectivity index (χ0v) is 13.6. The summed E-state index contributed by atoms with van der Waals surface area (Å²) in [7, 11) is 0. The molecule has 1 aliphatic rings. The SMILES string of the molecule is CCC(CC)n1ccc(CC(C)C(C)CNC2CC2)n1. The van der Waals surface area contributed by atoms with Crippen molar-refractivity contribution in [3.8, 4) is 0 Å². The molecule has 0 radical (unpaired) electrons. The predicted octanol–water partition coefficient (Wildman–Crippen LogP) is 3.81. The quantitative estimate of drug-likeness (QED) is 0.744. The van der Waals surface area contributed by atoms with Gasteiger partial charge in [-0.05, 0) is 56.6 Å². The predicted molar refractivity (Wildman–Crippen MR) is 84.9 cm³/mol. The molecule has 1 fully saturated rings. The van der Waals surface area contributed by atoms with Crippen molar-refractivity contribution in [2.75, 3.05) is 6.54 Å². The Morgan fingerprint density at radius 1 is 1.25 bits per heavy atom. The van der Waals surface area contributed by atoms with Crippen LogP contribution in [0.4, 0.5) is 0 Å². The van der Waals surface area contributed by atoms with Gasteiger partial charge in [-0.1, -0.05) is 27.7 Å². The van der Waals surface area contributed by atoms with Crippen molar-refractivity contribution >= 4 is 0 Å².